The largest absolute Gasteiger partial charge is 0.338 e. The predicted molar refractivity (Wildman–Crippen MR) is 103 cm³/mol. The molecular weight excluding hydrogens is 388 g/mol. The Bertz CT molecular complexity index is 1030. The van der Waals surface area contributed by atoms with Crippen LogP contribution in [0.4, 0.5) is 15.9 Å². The van der Waals surface area contributed by atoms with Crippen molar-refractivity contribution < 1.29 is 4.39 Å². The highest BCUT2D eigenvalue weighted by atomic mass is 35.5. The van der Waals surface area contributed by atoms with Gasteiger partial charge in [-0.2, -0.15) is 5.10 Å². The molecule has 2 fully saturated rings. The standard InChI is InChI=1S/C19H16Cl2FN5/c20-17-9-23-19(18(21)25-17)24-12-5-6-15(13(22)7-12)27-16(11-3-4-11)8-14(26-27)10-1-2-10/h5-11H,1-4H2,(H,23,24). The van der Waals surface area contributed by atoms with Gasteiger partial charge in [0.1, 0.15) is 10.8 Å². The Morgan fingerprint density at radius 1 is 1.07 bits per heavy atom. The van der Waals surface area contributed by atoms with Crippen molar-refractivity contribution >= 4 is 34.7 Å². The summed E-state index contributed by atoms with van der Waals surface area (Å²) in [5, 5.41) is 8.00. The fraction of sp³-hybridized carbons (Fsp3) is 0.316. The summed E-state index contributed by atoms with van der Waals surface area (Å²) >= 11 is 11.8. The minimum absolute atomic E-state index is 0.129. The van der Waals surface area contributed by atoms with Gasteiger partial charge in [-0.05, 0) is 49.9 Å². The van der Waals surface area contributed by atoms with Crippen LogP contribution in [0.2, 0.25) is 10.3 Å². The molecule has 0 radical (unpaired) electrons. The van der Waals surface area contributed by atoms with E-state index in [-0.39, 0.29) is 16.1 Å². The molecule has 0 spiro atoms. The molecule has 5 nitrogen and oxygen atoms in total. The summed E-state index contributed by atoms with van der Waals surface area (Å²) in [6, 6.07) is 7.08. The molecular formula is C19H16Cl2FN5. The summed E-state index contributed by atoms with van der Waals surface area (Å²) in [5.74, 6) is 0.996. The Balaban J connectivity index is 1.46. The van der Waals surface area contributed by atoms with E-state index >= 15 is 0 Å². The smallest absolute Gasteiger partial charge is 0.173 e. The van der Waals surface area contributed by atoms with Crippen LogP contribution in [-0.4, -0.2) is 19.7 Å². The summed E-state index contributed by atoms with van der Waals surface area (Å²) in [6.07, 6.45) is 6.02. The Kier molecular flexibility index (Phi) is 4.06. The molecule has 0 aliphatic heterocycles. The SMILES string of the molecule is Fc1cc(Nc2ncc(Cl)nc2Cl)ccc1-n1nc(C2CC2)cc1C1CC1. The van der Waals surface area contributed by atoms with Gasteiger partial charge >= 0.3 is 0 Å². The van der Waals surface area contributed by atoms with E-state index < -0.39 is 0 Å². The van der Waals surface area contributed by atoms with Crippen LogP contribution >= 0.6 is 23.2 Å². The van der Waals surface area contributed by atoms with Crippen molar-refractivity contribution in [3.05, 3.63) is 58.0 Å². The van der Waals surface area contributed by atoms with Crippen LogP contribution < -0.4 is 5.32 Å². The van der Waals surface area contributed by atoms with Crippen molar-refractivity contribution in [3.8, 4) is 5.69 Å². The summed E-state index contributed by atoms with van der Waals surface area (Å²) in [7, 11) is 0. The second kappa shape index (κ2) is 6.46. The van der Waals surface area contributed by atoms with Gasteiger partial charge in [0.05, 0.1) is 11.9 Å². The fourth-order valence-corrected chi connectivity index (χ4v) is 3.54. The van der Waals surface area contributed by atoms with Crippen molar-refractivity contribution in [2.75, 3.05) is 5.32 Å². The summed E-state index contributed by atoms with van der Waals surface area (Å²) in [5.41, 5.74) is 3.18. The first-order valence-corrected chi connectivity index (χ1v) is 9.69. The van der Waals surface area contributed by atoms with Gasteiger partial charge in [0.2, 0.25) is 0 Å². The quantitative estimate of drug-likeness (QED) is 0.601. The molecule has 138 valence electrons. The average molecular weight is 404 g/mol. The lowest BCUT2D eigenvalue weighted by Crippen LogP contribution is -2.05. The third kappa shape index (κ3) is 3.39. The Hall–Kier alpha value is -2.18. The molecule has 2 saturated carbocycles. The molecule has 3 aromatic rings. The number of anilines is 2. The highest BCUT2D eigenvalue weighted by molar-refractivity contribution is 6.33. The van der Waals surface area contributed by atoms with Crippen LogP contribution in [0.1, 0.15) is 48.9 Å². The molecule has 2 aliphatic carbocycles. The number of rotatable bonds is 5. The van der Waals surface area contributed by atoms with Crippen molar-refractivity contribution in [1.82, 2.24) is 19.7 Å². The van der Waals surface area contributed by atoms with Gasteiger partial charge < -0.3 is 5.32 Å². The van der Waals surface area contributed by atoms with Gasteiger partial charge in [-0.15, -0.1) is 0 Å². The number of hydrogen-bond donors (Lipinski definition) is 1. The van der Waals surface area contributed by atoms with E-state index in [2.05, 4.69) is 21.4 Å². The molecule has 2 aliphatic rings. The van der Waals surface area contributed by atoms with Crippen molar-refractivity contribution in [3.63, 3.8) is 0 Å². The molecule has 27 heavy (non-hydrogen) atoms. The van der Waals surface area contributed by atoms with E-state index in [1.54, 1.807) is 16.8 Å². The molecule has 0 saturated heterocycles. The predicted octanol–water partition coefficient (Wildman–Crippen LogP) is 5.61. The lowest BCUT2D eigenvalue weighted by Gasteiger charge is -2.11. The maximum Gasteiger partial charge on any atom is 0.173 e. The number of aromatic nitrogens is 4. The molecule has 0 bridgehead atoms. The van der Waals surface area contributed by atoms with Crippen LogP contribution in [0.3, 0.4) is 0 Å². The van der Waals surface area contributed by atoms with Crippen LogP contribution in [0, 0.1) is 5.82 Å². The first kappa shape index (κ1) is 17.0. The topological polar surface area (TPSA) is 55.6 Å². The molecule has 0 atom stereocenters. The van der Waals surface area contributed by atoms with Crippen LogP contribution in [0.25, 0.3) is 5.69 Å². The van der Waals surface area contributed by atoms with Gasteiger partial charge in [0.15, 0.2) is 16.8 Å². The summed E-state index contributed by atoms with van der Waals surface area (Å²) in [6.45, 7) is 0. The normalized spacial score (nSPS) is 16.6. The Morgan fingerprint density at radius 3 is 2.52 bits per heavy atom. The fourth-order valence-electron chi connectivity index (χ4n) is 3.18. The van der Waals surface area contributed by atoms with E-state index in [1.807, 2.05) is 0 Å². The zero-order chi connectivity index (χ0) is 18.5. The molecule has 0 amide bonds. The third-order valence-corrected chi connectivity index (χ3v) is 5.33. The highest BCUT2D eigenvalue weighted by Crippen LogP contribution is 2.45. The molecule has 8 heteroatoms. The first-order valence-electron chi connectivity index (χ1n) is 8.93. The molecule has 0 unspecified atom stereocenters. The Labute approximate surface area is 165 Å². The van der Waals surface area contributed by atoms with Gasteiger partial charge in [-0.25, -0.2) is 19.0 Å². The molecule has 2 heterocycles. The maximum atomic E-state index is 14.9. The minimum atomic E-state index is -0.356. The lowest BCUT2D eigenvalue weighted by atomic mass is 10.2. The zero-order valence-corrected chi connectivity index (χ0v) is 15.8. The van der Waals surface area contributed by atoms with E-state index in [4.69, 9.17) is 28.3 Å². The second-order valence-corrected chi connectivity index (χ2v) is 7.82. The van der Waals surface area contributed by atoms with E-state index in [0.717, 1.165) is 24.2 Å². The van der Waals surface area contributed by atoms with Gasteiger partial charge in [-0.3, -0.25) is 0 Å². The number of nitrogens with zero attached hydrogens (tertiary/aromatic N) is 4. The second-order valence-electron chi connectivity index (χ2n) is 7.08. The van der Waals surface area contributed by atoms with Gasteiger partial charge in [-0.1, -0.05) is 23.2 Å². The van der Waals surface area contributed by atoms with Crippen molar-refractivity contribution in [2.24, 2.45) is 0 Å². The van der Waals surface area contributed by atoms with E-state index in [0.29, 0.717) is 29.0 Å². The monoisotopic (exact) mass is 403 g/mol. The average Bonchev–Trinajstić information content (AvgIpc) is 3.56. The third-order valence-electron chi connectivity index (χ3n) is 4.89. The zero-order valence-electron chi connectivity index (χ0n) is 14.3. The van der Waals surface area contributed by atoms with Crippen LogP contribution in [-0.2, 0) is 0 Å². The van der Waals surface area contributed by atoms with Crippen molar-refractivity contribution in [1.29, 1.82) is 0 Å². The molecule has 1 aromatic carbocycles. The highest BCUT2D eigenvalue weighted by Gasteiger charge is 2.33. The maximum absolute atomic E-state index is 14.9. The van der Waals surface area contributed by atoms with Crippen molar-refractivity contribution in [2.45, 2.75) is 37.5 Å². The first-order chi connectivity index (χ1) is 13.1. The van der Waals surface area contributed by atoms with Crippen LogP contribution in [0.5, 0.6) is 0 Å². The minimum Gasteiger partial charge on any atom is -0.338 e. The number of hydrogen-bond acceptors (Lipinski definition) is 4. The number of nitrogens with one attached hydrogen (secondary N) is 1. The summed E-state index contributed by atoms with van der Waals surface area (Å²) in [4.78, 5) is 8.00. The van der Waals surface area contributed by atoms with E-state index in [1.165, 1.54) is 25.1 Å². The summed E-state index contributed by atoms with van der Waals surface area (Å²) < 4.78 is 16.7. The molecule has 5 rings (SSSR count). The molecule has 2 aromatic heterocycles. The number of halogens is 3. The molecule has 1 N–H and O–H groups in total. The van der Waals surface area contributed by atoms with E-state index in [9.17, 15) is 4.39 Å². The van der Waals surface area contributed by atoms with Crippen LogP contribution in [0.15, 0.2) is 30.5 Å². The van der Waals surface area contributed by atoms with Gasteiger partial charge in [0.25, 0.3) is 0 Å². The van der Waals surface area contributed by atoms with Gasteiger partial charge in [0, 0.05) is 23.2 Å². The number of benzene rings is 1. The lowest BCUT2D eigenvalue weighted by molar-refractivity contribution is 0.606. The Morgan fingerprint density at radius 2 is 1.85 bits per heavy atom.